The predicted octanol–water partition coefficient (Wildman–Crippen LogP) is 2.83. The summed E-state index contributed by atoms with van der Waals surface area (Å²) in [6, 6.07) is 6.78. The number of amides is 1. The molecule has 1 fully saturated rings. The number of hydrogen-bond donors (Lipinski definition) is 0. The molecule has 1 aromatic heterocycles. The lowest BCUT2D eigenvalue weighted by Crippen LogP contribution is -2.49. The minimum atomic E-state index is -4.54. The van der Waals surface area contributed by atoms with Crippen LogP contribution in [0.5, 0.6) is 0 Å². The van der Waals surface area contributed by atoms with Crippen LogP contribution in [-0.4, -0.2) is 47.0 Å². The maximum absolute atomic E-state index is 13.2. The summed E-state index contributed by atoms with van der Waals surface area (Å²) in [5.41, 5.74) is -0.390. The Morgan fingerprint density at radius 2 is 1.81 bits per heavy atom. The Bertz CT molecular complexity index is 832. The molecule has 144 valence electrons. The largest absolute Gasteiger partial charge is 0.433 e. The number of anilines is 1. The second kappa shape index (κ2) is 7.50. The van der Waals surface area contributed by atoms with E-state index in [0.717, 1.165) is 6.07 Å². The van der Waals surface area contributed by atoms with Crippen molar-refractivity contribution in [1.29, 1.82) is 0 Å². The lowest BCUT2D eigenvalue weighted by atomic mass is 10.1. The van der Waals surface area contributed by atoms with Crippen LogP contribution >= 0.6 is 0 Å². The normalized spacial score (nSPS) is 15.1. The second-order valence-electron chi connectivity index (χ2n) is 6.33. The maximum Gasteiger partial charge on any atom is 0.433 e. The topological polar surface area (TPSA) is 49.3 Å². The number of hydrogen-bond acceptors (Lipinski definition) is 4. The number of carbonyl (C=O) groups is 1. The molecule has 9 heteroatoms. The number of nitrogens with zero attached hydrogens (tertiary/aromatic N) is 4. The lowest BCUT2D eigenvalue weighted by Gasteiger charge is -2.35. The second-order valence-corrected chi connectivity index (χ2v) is 6.33. The van der Waals surface area contributed by atoms with Crippen LogP contribution in [0.2, 0.25) is 0 Å². The van der Waals surface area contributed by atoms with Crippen molar-refractivity contribution in [3.63, 3.8) is 0 Å². The van der Waals surface area contributed by atoms with Crippen LogP contribution in [0.25, 0.3) is 0 Å². The van der Waals surface area contributed by atoms with E-state index in [1.807, 2.05) is 0 Å². The number of carbonyl (C=O) groups excluding carboxylic acids is 1. The van der Waals surface area contributed by atoms with E-state index >= 15 is 0 Å². The minimum Gasteiger partial charge on any atom is -0.353 e. The van der Waals surface area contributed by atoms with Crippen molar-refractivity contribution >= 4 is 11.7 Å². The molecule has 5 nitrogen and oxygen atoms in total. The molecule has 0 unspecified atom stereocenters. The average molecular weight is 382 g/mol. The zero-order valence-corrected chi connectivity index (χ0v) is 14.6. The van der Waals surface area contributed by atoms with E-state index < -0.39 is 17.7 Å². The van der Waals surface area contributed by atoms with E-state index in [2.05, 4.69) is 9.97 Å². The van der Waals surface area contributed by atoms with E-state index in [1.165, 1.54) is 19.1 Å². The first-order chi connectivity index (χ1) is 12.7. The molecule has 2 aromatic rings. The summed E-state index contributed by atoms with van der Waals surface area (Å²) < 4.78 is 52.0. The number of benzene rings is 1. The van der Waals surface area contributed by atoms with E-state index in [0.29, 0.717) is 31.7 Å². The Morgan fingerprint density at radius 3 is 2.44 bits per heavy atom. The number of alkyl halides is 3. The van der Waals surface area contributed by atoms with Crippen LogP contribution in [-0.2, 0) is 17.4 Å². The summed E-state index contributed by atoms with van der Waals surface area (Å²) in [6.45, 7) is 2.86. The molecule has 0 aliphatic carbocycles. The molecule has 2 heterocycles. The Balaban J connectivity index is 1.63. The summed E-state index contributed by atoms with van der Waals surface area (Å²) in [6.07, 6.45) is -4.45. The zero-order chi connectivity index (χ0) is 19.6. The summed E-state index contributed by atoms with van der Waals surface area (Å²) in [4.78, 5) is 23.2. The van der Waals surface area contributed by atoms with Gasteiger partial charge in [0.15, 0.2) is 0 Å². The highest BCUT2D eigenvalue weighted by molar-refractivity contribution is 5.79. The Hall–Kier alpha value is -2.71. The van der Waals surface area contributed by atoms with Crippen molar-refractivity contribution in [2.75, 3.05) is 31.1 Å². The molecule has 0 saturated carbocycles. The summed E-state index contributed by atoms with van der Waals surface area (Å²) in [5.74, 6) is -0.295. The fourth-order valence-corrected chi connectivity index (χ4v) is 2.98. The van der Waals surface area contributed by atoms with Crippen molar-refractivity contribution in [3.8, 4) is 0 Å². The molecule has 0 radical (unpaired) electrons. The summed E-state index contributed by atoms with van der Waals surface area (Å²) >= 11 is 0. The molecular weight excluding hydrogens is 364 g/mol. The zero-order valence-electron chi connectivity index (χ0n) is 14.6. The first-order valence-corrected chi connectivity index (χ1v) is 8.42. The first-order valence-electron chi connectivity index (χ1n) is 8.42. The van der Waals surface area contributed by atoms with Gasteiger partial charge in [-0.1, -0.05) is 12.1 Å². The molecule has 27 heavy (non-hydrogen) atoms. The molecule has 3 rings (SSSR count). The van der Waals surface area contributed by atoms with Gasteiger partial charge in [0.2, 0.25) is 5.91 Å². The van der Waals surface area contributed by atoms with Gasteiger partial charge in [0.25, 0.3) is 0 Å². The first kappa shape index (κ1) is 19.1. The predicted molar refractivity (Wildman–Crippen MR) is 90.7 cm³/mol. The molecule has 1 aliphatic rings. The molecule has 0 N–H and O–H groups in total. The molecule has 0 bridgehead atoms. The fourth-order valence-electron chi connectivity index (χ4n) is 2.98. The van der Waals surface area contributed by atoms with Gasteiger partial charge in [-0.25, -0.2) is 14.4 Å². The van der Waals surface area contributed by atoms with Crippen LogP contribution in [0.1, 0.15) is 17.1 Å². The number of rotatable bonds is 3. The summed E-state index contributed by atoms with van der Waals surface area (Å²) in [5, 5.41) is 0. The lowest BCUT2D eigenvalue weighted by molar-refractivity contribution is -0.141. The van der Waals surface area contributed by atoms with Crippen LogP contribution in [0.3, 0.4) is 0 Å². The highest BCUT2D eigenvalue weighted by atomic mass is 19.4. The number of halogens is 4. The van der Waals surface area contributed by atoms with Gasteiger partial charge in [-0.15, -0.1) is 0 Å². The van der Waals surface area contributed by atoms with Crippen LogP contribution in [0, 0.1) is 12.7 Å². The van der Waals surface area contributed by atoms with Crippen molar-refractivity contribution in [2.45, 2.75) is 19.5 Å². The van der Waals surface area contributed by atoms with Gasteiger partial charge in [0, 0.05) is 32.2 Å². The molecule has 0 atom stereocenters. The minimum absolute atomic E-state index is 0.0458. The molecule has 1 amide bonds. The molecular formula is C18H18F4N4O. The number of piperazine rings is 1. The number of aryl methyl sites for hydroxylation is 1. The van der Waals surface area contributed by atoms with Crippen molar-refractivity contribution in [1.82, 2.24) is 14.9 Å². The standard InChI is InChI=1S/C18H18F4N4O/c1-12-23-15(18(20,21)22)11-16(24-12)25-5-7-26(8-6-25)17(27)10-13-3-2-4-14(19)9-13/h2-4,9,11H,5-8,10H2,1H3. The Kier molecular flexibility index (Phi) is 5.29. The molecule has 0 spiro atoms. The number of aromatic nitrogens is 2. The van der Waals surface area contributed by atoms with Crippen molar-refractivity contribution in [2.24, 2.45) is 0 Å². The van der Waals surface area contributed by atoms with Crippen LogP contribution in [0.15, 0.2) is 30.3 Å². The maximum atomic E-state index is 13.2. The smallest absolute Gasteiger partial charge is 0.353 e. The van der Waals surface area contributed by atoms with Crippen molar-refractivity contribution < 1.29 is 22.4 Å². The van der Waals surface area contributed by atoms with E-state index in [9.17, 15) is 22.4 Å². The Morgan fingerprint density at radius 1 is 1.11 bits per heavy atom. The monoisotopic (exact) mass is 382 g/mol. The van der Waals surface area contributed by atoms with Gasteiger partial charge in [-0.3, -0.25) is 4.79 Å². The van der Waals surface area contributed by atoms with Gasteiger partial charge in [-0.05, 0) is 24.6 Å². The van der Waals surface area contributed by atoms with Crippen LogP contribution in [0.4, 0.5) is 23.4 Å². The molecule has 1 aromatic carbocycles. The quantitative estimate of drug-likeness (QED) is 0.766. The van der Waals surface area contributed by atoms with Gasteiger partial charge in [-0.2, -0.15) is 13.2 Å². The van der Waals surface area contributed by atoms with Crippen LogP contribution < -0.4 is 4.90 Å². The third-order valence-electron chi connectivity index (χ3n) is 4.32. The SMILES string of the molecule is Cc1nc(N2CCN(C(=O)Cc3cccc(F)c3)CC2)cc(C(F)(F)F)n1. The molecule has 1 saturated heterocycles. The van der Waals surface area contributed by atoms with Gasteiger partial charge < -0.3 is 9.80 Å². The van der Waals surface area contributed by atoms with E-state index in [-0.39, 0.29) is 24.0 Å². The highest BCUT2D eigenvalue weighted by Crippen LogP contribution is 2.29. The summed E-state index contributed by atoms with van der Waals surface area (Å²) in [7, 11) is 0. The third kappa shape index (κ3) is 4.72. The third-order valence-corrected chi connectivity index (χ3v) is 4.32. The fraction of sp³-hybridized carbons (Fsp3) is 0.389. The van der Waals surface area contributed by atoms with E-state index in [4.69, 9.17) is 0 Å². The van der Waals surface area contributed by atoms with Gasteiger partial charge in [0.1, 0.15) is 23.2 Å². The average Bonchev–Trinajstić information content (AvgIpc) is 2.60. The van der Waals surface area contributed by atoms with E-state index in [1.54, 1.807) is 21.9 Å². The van der Waals surface area contributed by atoms with Gasteiger partial charge >= 0.3 is 6.18 Å². The van der Waals surface area contributed by atoms with Gasteiger partial charge in [0.05, 0.1) is 6.42 Å². The van der Waals surface area contributed by atoms with Crippen molar-refractivity contribution in [3.05, 3.63) is 53.2 Å². The Labute approximate surface area is 153 Å². The highest BCUT2D eigenvalue weighted by Gasteiger charge is 2.34. The molecule has 1 aliphatic heterocycles.